The number of carbonyl (C=O) groups is 1. The van der Waals surface area contributed by atoms with Gasteiger partial charge < -0.3 is 11.1 Å². The van der Waals surface area contributed by atoms with Crippen LogP contribution in [0.4, 0.5) is 0 Å². The summed E-state index contributed by atoms with van der Waals surface area (Å²) in [5.74, 6) is 0.00398. The van der Waals surface area contributed by atoms with Gasteiger partial charge in [-0.3, -0.25) is 4.79 Å². The van der Waals surface area contributed by atoms with E-state index in [1.807, 2.05) is 42.9 Å². The van der Waals surface area contributed by atoms with E-state index in [0.29, 0.717) is 19.5 Å². The molecule has 5 nitrogen and oxygen atoms in total. The zero-order valence-corrected chi connectivity index (χ0v) is 10.8. The molecule has 0 atom stereocenters. The molecule has 1 aromatic carbocycles. The van der Waals surface area contributed by atoms with Crippen LogP contribution in [-0.2, 0) is 11.2 Å². The number of hydrogen-bond donors (Lipinski definition) is 3. The summed E-state index contributed by atoms with van der Waals surface area (Å²) in [5, 5.41) is 2.85. The maximum Gasteiger partial charge on any atom is 0.246 e. The van der Waals surface area contributed by atoms with E-state index in [1.54, 1.807) is 0 Å². The van der Waals surface area contributed by atoms with Gasteiger partial charge in [0.2, 0.25) is 12.2 Å². The number of para-hydroxylation sites is 1. The quantitative estimate of drug-likeness (QED) is 0.653. The molecule has 19 heavy (non-hydrogen) atoms. The van der Waals surface area contributed by atoms with Crippen molar-refractivity contribution in [2.24, 2.45) is 5.73 Å². The lowest BCUT2D eigenvalue weighted by atomic mass is 10.2. The highest BCUT2D eigenvalue weighted by Crippen LogP contribution is 2.00. The third-order valence-electron chi connectivity index (χ3n) is 2.87. The van der Waals surface area contributed by atoms with E-state index in [-0.39, 0.29) is 5.91 Å². The molecule has 0 aliphatic carbocycles. The van der Waals surface area contributed by atoms with Gasteiger partial charge in [0.15, 0.2) is 0 Å². The Labute approximate surface area is 112 Å². The molecule has 1 aromatic heterocycles. The molecule has 0 bridgehead atoms. The lowest BCUT2D eigenvalue weighted by molar-refractivity contribution is -0.602. The number of nitrogens with one attached hydrogen (secondary N) is 2. The fourth-order valence-corrected chi connectivity index (χ4v) is 1.93. The second kappa shape index (κ2) is 6.70. The van der Waals surface area contributed by atoms with Crippen LogP contribution in [0.5, 0.6) is 0 Å². The van der Waals surface area contributed by atoms with Gasteiger partial charge in [-0.15, -0.1) is 0 Å². The SMILES string of the molecule is NCCC(=O)NCCc1c[nH]c[n+]1-c1ccccc1. The van der Waals surface area contributed by atoms with E-state index < -0.39 is 0 Å². The standard InChI is InChI=1S/C14H18N4O/c15-8-6-14(19)17-9-7-13-10-16-11-18(13)12-4-2-1-3-5-12/h1-5,10-11H,6-9,15H2,(H,17,19)/p+1. The molecule has 0 unspecified atom stereocenters. The van der Waals surface area contributed by atoms with Crippen LogP contribution in [0.3, 0.4) is 0 Å². The Morgan fingerprint density at radius 3 is 2.84 bits per heavy atom. The second-order valence-corrected chi connectivity index (χ2v) is 4.28. The van der Waals surface area contributed by atoms with Crippen molar-refractivity contribution in [3.63, 3.8) is 0 Å². The summed E-state index contributed by atoms with van der Waals surface area (Å²) in [5.41, 5.74) is 7.55. The van der Waals surface area contributed by atoms with E-state index in [0.717, 1.165) is 17.8 Å². The first-order valence-electron chi connectivity index (χ1n) is 6.41. The van der Waals surface area contributed by atoms with Gasteiger partial charge in [-0.05, 0) is 12.1 Å². The summed E-state index contributed by atoms with van der Waals surface area (Å²) in [4.78, 5) is 14.4. The number of H-pyrrole nitrogens is 1. The van der Waals surface area contributed by atoms with Crippen LogP contribution < -0.4 is 15.6 Å². The molecule has 0 saturated carbocycles. The predicted octanol–water partition coefficient (Wildman–Crippen LogP) is 0.299. The maximum absolute atomic E-state index is 11.3. The van der Waals surface area contributed by atoms with Crippen LogP contribution in [0, 0.1) is 0 Å². The fraction of sp³-hybridized carbons (Fsp3) is 0.286. The highest BCUT2D eigenvalue weighted by Gasteiger charge is 2.11. The number of aromatic nitrogens is 2. The number of carbonyl (C=O) groups excluding carboxylic acids is 1. The van der Waals surface area contributed by atoms with Gasteiger partial charge in [-0.2, -0.15) is 4.57 Å². The zero-order valence-electron chi connectivity index (χ0n) is 10.8. The summed E-state index contributed by atoms with van der Waals surface area (Å²) < 4.78 is 2.08. The summed E-state index contributed by atoms with van der Waals surface area (Å²) in [6.07, 6.45) is 5.01. The zero-order chi connectivity index (χ0) is 13.5. The number of amides is 1. The number of nitrogens with two attached hydrogens (primary N) is 1. The van der Waals surface area contributed by atoms with Gasteiger partial charge in [-0.25, -0.2) is 4.98 Å². The van der Waals surface area contributed by atoms with Gasteiger partial charge in [0.05, 0.1) is 0 Å². The van der Waals surface area contributed by atoms with Crippen LogP contribution in [0.15, 0.2) is 42.9 Å². The van der Waals surface area contributed by atoms with Crippen molar-refractivity contribution in [2.45, 2.75) is 12.8 Å². The minimum absolute atomic E-state index is 0.00398. The molecule has 1 heterocycles. The summed E-state index contributed by atoms with van der Waals surface area (Å²) >= 11 is 0. The fourth-order valence-electron chi connectivity index (χ4n) is 1.93. The Kier molecular flexibility index (Phi) is 4.69. The number of nitrogens with zero attached hydrogens (tertiary/aromatic N) is 1. The van der Waals surface area contributed by atoms with Gasteiger partial charge >= 0.3 is 0 Å². The monoisotopic (exact) mass is 259 g/mol. The Bertz CT molecular complexity index is 521. The van der Waals surface area contributed by atoms with Gasteiger partial charge in [0, 0.05) is 25.9 Å². The van der Waals surface area contributed by atoms with Crippen LogP contribution in [0.1, 0.15) is 12.1 Å². The normalized spacial score (nSPS) is 10.4. The first-order chi connectivity index (χ1) is 9.31. The highest BCUT2D eigenvalue weighted by molar-refractivity contribution is 5.75. The van der Waals surface area contributed by atoms with Crippen LogP contribution in [0.25, 0.3) is 5.69 Å². The van der Waals surface area contributed by atoms with Crippen molar-refractivity contribution in [1.82, 2.24) is 10.3 Å². The summed E-state index contributed by atoms with van der Waals surface area (Å²) in [6.45, 7) is 1.00. The van der Waals surface area contributed by atoms with Gasteiger partial charge in [0.1, 0.15) is 17.6 Å². The van der Waals surface area contributed by atoms with Gasteiger partial charge in [0.25, 0.3) is 0 Å². The van der Waals surface area contributed by atoms with Crippen molar-refractivity contribution in [3.8, 4) is 5.69 Å². The Balaban J connectivity index is 1.95. The molecule has 2 aromatic rings. The molecule has 0 saturated heterocycles. The van der Waals surface area contributed by atoms with E-state index >= 15 is 0 Å². The van der Waals surface area contributed by atoms with Crippen molar-refractivity contribution in [3.05, 3.63) is 48.5 Å². The van der Waals surface area contributed by atoms with Crippen molar-refractivity contribution < 1.29 is 9.36 Å². The van der Waals surface area contributed by atoms with Crippen molar-refractivity contribution in [1.29, 1.82) is 0 Å². The lowest BCUT2D eigenvalue weighted by Crippen LogP contribution is -2.35. The Morgan fingerprint density at radius 2 is 2.11 bits per heavy atom. The molecule has 100 valence electrons. The molecule has 0 aliphatic heterocycles. The lowest BCUT2D eigenvalue weighted by Gasteiger charge is -2.04. The summed E-state index contributed by atoms with van der Waals surface area (Å²) in [6, 6.07) is 10.1. The predicted molar refractivity (Wildman–Crippen MR) is 72.7 cm³/mol. The molecule has 0 aliphatic rings. The van der Waals surface area contributed by atoms with Crippen LogP contribution in [-0.4, -0.2) is 24.0 Å². The topological polar surface area (TPSA) is 74.8 Å². The number of aromatic amines is 1. The third-order valence-corrected chi connectivity index (χ3v) is 2.87. The average Bonchev–Trinajstić information content (AvgIpc) is 2.88. The van der Waals surface area contributed by atoms with Crippen LogP contribution >= 0.6 is 0 Å². The minimum Gasteiger partial charge on any atom is -0.356 e. The van der Waals surface area contributed by atoms with Crippen molar-refractivity contribution in [2.75, 3.05) is 13.1 Å². The second-order valence-electron chi connectivity index (χ2n) is 4.28. The minimum atomic E-state index is 0.00398. The first-order valence-corrected chi connectivity index (χ1v) is 6.41. The van der Waals surface area contributed by atoms with E-state index in [4.69, 9.17) is 5.73 Å². The maximum atomic E-state index is 11.3. The molecule has 1 amide bonds. The highest BCUT2D eigenvalue weighted by atomic mass is 16.1. The summed E-state index contributed by atoms with van der Waals surface area (Å²) in [7, 11) is 0. The smallest absolute Gasteiger partial charge is 0.246 e. The van der Waals surface area contributed by atoms with Crippen LogP contribution in [0.2, 0.25) is 0 Å². The number of hydrogen-bond acceptors (Lipinski definition) is 2. The molecule has 4 N–H and O–H groups in total. The van der Waals surface area contributed by atoms with E-state index in [2.05, 4.69) is 14.9 Å². The molecule has 0 fully saturated rings. The first kappa shape index (κ1) is 13.3. The average molecular weight is 259 g/mol. The van der Waals surface area contributed by atoms with Gasteiger partial charge in [-0.1, -0.05) is 18.2 Å². The van der Waals surface area contributed by atoms with E-state index in [9.17, 15) is 4.79 Å². The number of benzene rings is 1. The molecule has 5 heteroatoms. The Hall–Kier alpha value is -2.14. The number of rotatable bonds is 6. The van der Waals surface area contributed by atoms with Crippen molar-refractivity contribution >= 4 is 5.91 Å². The molecular formula is C14H19N4O+. The van der Waals surface area contributed by atoms with E-state index in [1.165, 1.54) is 0 Å². The number of imidazole rings is 1. The Morgan fingerprint density at radius 1 is 1.32 bits per heavy atom. The largest absolute Gasteiger partial charge is 0.356 e. The molecule has 0 spiro atoms. The third kappa shape index (κ3) is 3.66. The molecule has 2 rings (SSSR count). The molecule has 0 radical (unpaired) electrons. The molecular weight excluding hydrogens is 240 g/mol.